The van der Waals surface area contributed by atoms with E-state index in [9.17, 15) is 4.79 Å². The summed E-state index contributed by atoms with van der Waals surface area (Å²) in [5.74, 6) is -3.45. The molecule has 1 aromatic rings. The van der Waals surface area contributed by atoms with Crippen LogP contribution in [0.3, 0.4) is 0 Å². The first-order chi connectivity index (χ1) is 10.9. The number of thiophene rings is 1. The molecule has 1 fully saturated rings. The summed E-state index contributed by atoms with van der Waals surface area (Å²) >= 11 is 1.53. The Bertz CT molecular complexity index is 512. The first-order valence-electron chi connectivity index (χ1n) is 7.39. The second kappa shape index (κ2) is 9.26. The van der Waals surface area contributed by atoms with Crippen molar-refractivity contribution in [1.29, 1.82) is 0 Å². The second-order valence-corrected chi connectivity index (χ2v) is 6.12. The van der Waals surface area contributed by atoms with Crippen molar-refractivity contribution in [1.82, 2.24) is 9.80 Å². The molecule has 1 aliphatic rings. The van der Waals surface area contributed by atoms with Gasteiger partial charge in [0.05, 0.1) is 4.88 Å². The van der Waals surface area contributed by atoms with E-state index < -0.39 is 11.9 Å². The zero-order valence-electron chi connectivity index (χ0n) is 13.3. The summed E-state index contributed by atoms with van der Waals surface area (Å²) in [4.78, 5) is 35.6. The van der Waals surface area contributed by atoms with Crippen molar-refractivity contribution in [2.45, 2.75) is 26.3 Å². The number of piperazine rings is 1. The number of hydrogen-bond acceptors (Lipinski definition) is 5. The van der Waals surface area contributed by atoms with E-state index in [-0.39, 0.29) is 5.91 Å². The SMILES string of the molecule is CCC(C)N1CCN(C(=O)c2cccs2)CC1.O=C(O)C(=O)O. The van der Waals surface area contributed by atoms with E-state index >= 15 is 0 Å². The van der Waals surface area contributed by atoms with Crippen LogP contribution in [0, 0.1) is 0 Å². The van der Waals surface area contributed by atoms with Gasteiger partial charge in [-0.15, -0.1) is 11.3 Å². The average molecular weight is 342 g/mol. The maximum Gasteiger partial charge on any atom is 0.414 e. The molecule has 0 bridgehead atoms. The van der Waals surface area contributed by atoms with E-state index in [0.717, 1.165) is 31.1 Å². The van der Waals surface area contributed by atoms with Gasteiger partial charge in [0, 0.05) is 32.2 Å². The van der Waals surface area contributed by atoms with E-state index in [2.05, 4.69) is 18.7 Å². The van der Waals surface area contributed by atoms with Gasteiger partial charge in [-0.25, -0.2) is 9.59 Å². The van der Waals surface area contributed by atoms with Crippen LogP contribution in [0.4, 0.5) is 0 Å². The van der Waals surface area contributed by atoms with E-state index in [1.807, 2.05) is 22.4 Å². The van der Waals surface area contributed by atoms with Crippen LogP contribution in [0.1, 0.15) is 29.9 Å². The van der Waals surface area contributed by atoms with Crippen molar-refractivity contribution < 1.29 is 24.6 Å². The Balaban J connectivity index is 0.000000379. The van der Waals surface area contributed by atoms with E-state index in [0.29, 0.717) is 6.04 Å². The van der Waals surface area contributed by atoms with E-state index in [1.165, 1.54) is 17.8 Å². The Hall–Kier alpha value is -1.93. The summed E-state index contributed by atoms with van der Waals surface area (Å²) in [6.07, 6.45) is 1.18. The lowest BCUT2D eigenvalue weighted by Crippen LogP contribution is -2.51. The Labute approximate surface area is 139 Å². The standard InChI is InChI=1S/C13H20N2OS.C2H2O4/c1-3-11(2)14-6-8-15(9-7-14)13(16)12-5-4-10-17-12;3-1(4)2(5)6/h4-5,10-11H,3,6-9H2,1-2H3;(H,3,4)(H,5,6). The molecular weight excluding hydrogens is 320 g/mol. The summed E-state index contributed by atoms with van der Waals surface area (Å²) in [5, 5.41) is 16.7. The fourth-order valence-corrected chi connectivity index (χ4v) is 2.87. The average Bonchev–Trinajstić information content (AvgIpc) is 3.08. The summed E-state index contributed by atoms with van der Waals surface area (Å²) in [5.41, 5.74) is 0. The minimum Gasteiger partial charge on any atom is -0.473 e. The lowest BCUT2D eigenvalue weighted by atomic mass is 10.2. The summed E-state index contributed by atoms with van der Waals surface area (Å²) in [6.45, 7) is 8.21. The number of carbonyl (C=O) groups excluding carboxylic acids is 1. The van der Waals surface area contributed by atoms with Gasteiger partial charge in [0.1, 0.15) is 0 Å². The Morgan fingerprint density at radius 1 is 1.17 bits per heavy atom. The molecule has 2 heterocycles. The fourth-order valence-electron chi connectivity index (χ4n) is 2.18. The van der Waals surface area contributed by atoms with Gasteiger partial charge in [0.15, 0.2) is 0 Å². The molecule has 23 heavy (non-hydrogen) atoms. The van der Waals surface area contributed by atoms with Crippen molar-refractivity contribution in [3.63, 3.8) is 0 Å². The van der Waals surface area contributed by atoms with Gasteiger partial charge < -0.3 is 15.1 Å². The largest absolute Gasteiger partial charge is 0.473 e. The quantitative estimate of drug-likeness (QED) is 0.807. The smallest absolute Gasteiger partial charge is 0.414 e. The third-order valence-electron chi connectivity index (χ3n) is 3.73. The minimum absolute atomic E-state index is 0.198. The highest BCUT2D eigenvalue weighted by atomic mass is 32.1. The highest BCUT2D eigenvalue weighted by Gasteiger charge is 2.24. The highest BCUT2D eigenvalue weighted by molar-refractivity contribution is 7.12. The monoisotopic (exact) mass is 342 g/mol. The first-order valence-corrected chi connectivity index (χ1v) is 8.27. The summed E-state index contributed by atoms with van der Waals surface area (Å²) in [6, 6.07) is 4.48. The third-order valence-corrected chi connectivity index (χ3v) is 4.59. The molecule has 128 valence electrons. The van der Waals surface area contributed by atoms with Gasteiger partial charge in [-0.1, -0.05) is 13.0 Å². The molecule has 1 unspecified atom stereocenters. The van der Waals surface area contributed by atoms with Crippen molar-refractivity contribution in [2.75, 3.05) is 26.2 Å². The van der Waals surface area contributed by atoms with Gasteiger partial charge in [-0.3, -0.25) is 9.69 Å². The van der Waals surface area contributed by atoms with Crippen LogP contribution in [-0.4, -0.2) is 70.1 Å². The number of rotatable bonds is 3. The number of nitrogens with zero attached hydrogens (tertiary/aromatic N) is 2. The lowest BCUT2D eigenvalue weighted by molar-refractivity contribution is -0.159. The minimum atomic E-state index is -1.82. The Morgan fingerprint density at radius 3 is 2.13 bits per heavy atom. The Kier molecular flexibility index (Phi) is 7.70. The van der Waals surface area contributed by atoms with Crippen molar-refractivity contribution in [3.05, 3.63) is 22.4 Å². The topological polar surface area (TPSA) is 98.2 Å². The molecule has 0 aromatic carbocycles. The second-order valence-electron chi connectivity index (χ2n) is 5.17. The van der Waals surface area contributed by atoms with Gasteiger partial charge in [0.25, 0.3) is 5.91 Å². The zero-order valence-corrected chi connectivity index (χ0v) is 14.1. The normalized spacial score (nSPS) is 16.2. The van der Waals surface area contributed by atoms with Crippen LogP contribution in [-0.2, 0) is 9.59 Å². The maximum atomic E-state index is 12.1. The third kappa shape index (κ3) is 5.99. The lowest BCUT2D eigenvalue weighted by Gasteiger charge is -2.37. The van der Waals surface area contributed by atoms with Crippen LogP contribution in [0.25, 0.3) is 0 Å². The van der Waals surface area contributed by atoms with Crippen LogP contribution < -0.4 is 0 Å². The number of carboxylic acid groups (broad SMARTS) is 2. The molecule has 8 heteroatoms. The molecule has 2 rings (SSSR count). The first kappa shape index (κ1) is 19.1. The van der Waals surface area contributed by atoms with Crippen LogP contribution in [0.15, 0.2) is 17.5 Å². The number of carboxylic acids is 2. The van der Waals surface area contributed by atoms with Gasteiger partial charge >= 0.3 is 11.9 Å². The van der Waals surface area contributed by atoms with E-state index in [1.54, 1.807) is 0 Å². The molecule has 1 atom stereocenters. The van der Waals surface area contributed by atoms with Crippen molar-refractivity contribution in [2.24, 2.45) is 0 Å². The van der Waals surface area contributed by atoms with Gasteiger partial charge in [0.2, 0.25) is 0 Å². The highest BCUT2D eigenvalue weighted by Crippen LogP contribution is 2.15. The maximum absolute atomic E-state index is 12.1. The predicted octanol–water partition coefficient (Wildman–Crippen LogP) is 1.46. The molecule has 2 N–H and O–H groups in total. The molecule has 0 saturated carbocycles. The van der Waals surface area contributed by atoms with Gasteiger partial charge in [-0.05, 0) is 24.8 Å². The van der Waals surface area contributed by atoms with Crippen LogP contribution in [0.2, 0.25) is 0 Å². The number of hydrogen-bond donors (Lipinski definition) is 2. The molecular formula is C15H22N2O5S. The number of aliphatic carboxylic acids is 2. The molecule has 0 radical (unpaired) electrons. The molecule has 7 nitrogen and oxygen atoms in total. The summed E-state index contributed by atoms with van der Waals surface area (Å²) < 4.78 is 0. The Morgan fingerprint density at radius 2 is 1.74 bits per heavy atom. The predicted molar refractivity (Wildman–Crippen MR) is 86.8 cm³/mol. The van der Waals surface area contributed by atoms with Crippen LogP contribution in [0.5, 0.6) is 0 Å². The molecule has 1 aliphatic heterocycles. The van der Waals surface area contributed by atoms with Gasteiger partial charge in [-0.2, -0.15) is 0 Å². The molecule has 1 aromatic heterocycles. The summed E-state index contributed by atoms with van der Waals surface area (Å²) in [7, 11) is 0. The molecule has 1 saturated heterocycles. The van der Waals surface area contributed by atoms with Crippen LogP contribution >= 0.6 is 11.3 Å². The van der Waals surface area contributed by atoms with E-state index in [4.69, 9.17) is 19.8 Å². The fraction of sp³-hybridized carbons (Fsp3) is 0.533. The molecule has 1 amide bonds. The van der Waals surface area contributed by atoms with Crippen molar-refractivity contribution >= 4 is 29.2 Å². The number of carbonyl (C=O) groups is 3. The number of amides is 1. The zero-order chi connectivity index (χ0) is 17.4. The van der Waals surface area contributed by atoms with Crippen molar-refractivity contribution in [3.8, 4) is 0 Å². The molecule has 0 spiro atoms. The molecule has 0 aliphatic carbocycles.